The average Bonchev–Trinajstić information content (AvgIpc) is 2.37. The number of aliphatic carboxylic acids is 1. The lowest BCUT2D eigenvalue weighted by molar-refractivity contribution is -0.145. The SMILES string of the molecule is CNC(C)(C)C(=O)N1CCN(C(C)C(=O)O)CC1. The number of carbonyl (C=O) groups is 2. The van der Waals surface area contributed by atoms with Crippen molar-refractivity contribution in [2.24, 2.45) is 0 Å². The summed E-state index contributed by atoms with van der Waals surface area (Å²) in [6.07, 6.45) is 0. The van der Waals surface area contributed by atoms with E-state index in [1.54, 1.807) is 18.9 Å². The molecule has 1 heterocycles. The van der Waals surface area contributed by atoms with E-state index in [-0.39, 0.29) is 5.91 Å². The molecule has 2 N–H and O–H groups in total. The Bertz CT molecular complexity index is 323. The molecule has 1 amide bonds. The second-order valence-corrected chi connectivity index (χ2v) is 5.22. The van der Waals surface area contributed by atoms with Crippen LogP contribution in [-0.2, 0) is 9.59 Å². The van der Waals surface area contributed by atoms with E-state index in [2.05, 4.69) is 5.32 Å². The first-order chi connectivity index (χ1) is 8.29. The molecule has 18 heavy (non-hydrogen) atoms. The Morgan fingerprint density at radius 2 is 1.72 bits per heavy atom. The highest BCUT2D eigenvalue weighted by atomic mass is 16.4. The van der Waals surface area contributed by atoms with Crippen LogP contribution in [0.25, 0.3) is 0 Å². The van der Waals surface area contributed by atoms with Crippen molar-refractivity contribution in [2.45, 2.75) is 32.4 Å². The normalized spacial score (nSPS) is 19.7. The minimum absolute atomic E-state index is 0.0626. The van der Waals surface area contributed by atoms with Gasteiger partial charge in [0, 0.05) is 26.2 Å². The first-order valence-corrected chi connectivity index (χ1v) is 6.24. The van der Waals surface area contributed by atoms with Crippen molar-refractivity contribution >= 4 is 11.9 Å². The fraction of sp³-hybridized carbons (Fsp3) is 0.833. The number of rotatable bonds is 4. The maximum Gasteiger partial charge on any atom is 0.320 e. The molecule has 0 aromatic carbocycles. The van der Waals surface area contributed by atoms with Gasteiger partial charge >= 0.3 is 5.97 Å². The molecule has 0 aromatic heterocycles. The van der Waals surface area contributed by atoms with Crippen molar-refractivity contribution in [1.29, 1.82) is 0 Å². The molecule has 104 valence electrons. The molecule has 6 heteroatoms. The standard InChI is InChI=1S/C12H23N3O3/c1-9(10(16)17)14-5-7-15(8-6-14)11(18)12(2,3)13-4/h9,13H,5-8H2,1-4H3,(H,16,17). The second kappa shape index (κ2) is 5.67. The average molecular weight is 257 g/mol. The van der Waals surface area contributed by atoms with Crippen LogP contribution in [0.5, 0.6) is 0 Å². The second-order valence-electron chi connectivity index (χ2n) is 5.22. The molecule has 1 fully saturated rings. The van der Waals surface area contributed by atoms with Crippen molar-refractivity contribution in [3.63, 3.8) is 0 Å². The predicted molar refractivity (Wildman–Crippen MR) is 68.4 cm³/mol. The van der Waals surface area contributed by atoms with Crippen LogP contribution >= 0.6 is 0 Å². The van der Waals surface area contributed by atoms with Gasteiger partial charge in [0.1, 0.15) is 6.04 Å². The molecule has 6 nitrogen and oxygen atoms in total. The summed E-state index contributed by atoms with van der Waals surface area (Å²) in [7, 11) is 1.76. The number of likely N-dealkylation sites (N-methyl/N-ethyl adjacent to an activating group) is 1. The summed E-state index contributed by atoms with van der Waals surface area (Å²) in [6, 6.07) is -0.487. The highest BCUT2D eigenvalue weighted by molar-refractivity contribution is 5.85. The summed E-state index contributed by atoms with van der Waals surface area (Å²) < 4.78 is 0. The van der Waals surface area contributed by atoms with Gasteiger partial charge in [-0.3, -0.25) is 14.5 Å². The number of carboxylic acid groups (broad SMARTS) is 1. The number of hydrogen-bond acceptors (Lipinski definition) is 4. The molecule has 0 radical (unpaired) electrons. The highest BCUT2D eigenvalue weighted by Crippen LogP contribution is 2.12. The first-order valence-electron chi connectivity index (χ1n) is 6.24. The fourth-order valence-corrected chi connectivity index (χ4v) is 1.97. The highest BCUT2D eigenvalue weighted by Gasteiger charge is 2.33. The quantitative estimate of drug-likeness (QED) is 0.717. The van der Waals surface area contributed by atoms with Crippen molar-refractivity contribution in [3.05, 3.63) is 0 Å². The molecule has 0 saturated carbocycles. The Hall–Kier alpha value is -1.14. The summed E-state index contributed by atoms with van der Waals surface area (Å²) in [6.45, 7) is 7.77. The van der Waals surface area contributed by atoms with Crippen LogP contribution in [0.4, 0.5) is 0 Å². The lowest BCUT2D eigenvalue weighted by Crippen LogP contribution is -2.59. The minimum Gasteiger partial charge on any atom is -0.480 e. The Morgan fingerprint density at radius 1 is 1.22 bits per heavy atom. The number of nitrogens with one attached hydrogen (secondary N) is 1. The molecular formula is C12H23N3O3. The van der Waals surface area contributed by atoms with Crippen LogP contribution in [0.15, 0.2) is 0 Å². The van der Waals surface area contributed by atoms with Gasteiger partial charge < -0.3 is 15.3 Å². The van der Waals surface area contributed by atoms with Crippen LogP contribution in [0.1, 0.15) is 20.8 Å². The van der Waals surface area contributed by atoms with E-state index < -0.39 is 17.6 Å². The molecule has 1 atom stereocenters. The zero-order valence-corrected chi connectivity index (χ0v) is 11.6. The molecule has 0 aliphatic carbocycles. The summed E-state index contributed by atoms with van der Waals surface area (Å²) in [5.41, 5.74) is -0.569. The molecule has 0 aromatic rings. The van der Waals surface area contributed by atoms with E-state index in [4.69, 9.17) is 5.11 Å². The van der Waals surface area contributed by atoms with Gasteiger partial charge in [0.25, 0.3) is 0 Å². The molecule has 1 aliphatic heterocycles. The van der Waals surface area contributed by atoms with E-state index in [0.29, 0.717) is 26.2 Å². The number of piperazine rings is 1. The number of hydrogen-bond donors (Lipinski definition) is 2. The third-order valence-electron chi connectivity index (χ3n) is 3.67. The van der Waals surface area contributed by atoms with Gasteiger partial charge in [-0.2, -0.15) is 0 Å². The smallest absolute Gasteiger partial charge is 0.320 e. The van der Waals surface area contributed by atoms with Gasteiger partial charge in [-0.1, -0.05) is 0 Å². The van der Waals surface area contributed by atoms with E-state index in [1.165, 1.54) is 0 Å². The number of nitrogens with zero attached hydrogens (tertiary/aromatic N) is 2. The zero-order valence-electron chi connectivity index (χ0n) is 11.6. The summed E-state index contributed by atoms with van der Waals surface area (Å²) >= 11 is 0. The van der Waals surface area contributed by atoms with Gasteiger partial charge in [-0.05, 0) is 27.8 Å². The number of amides is 1. The number of carbonyl (C=O) groups excluding carboxylic acids is 1. The minimum atomic E-state index is -0.815. The molecule has 1 rings (SSSR count). The van der Waals surface area contributed by atoms with Gasteiger partial charge in [-0.25, -0.2) is 0 Å². The first kappa shape index (κ1) is 14.9. The van der Waals surface area contributed by atoms with E-state index in [9.17, 15) is 9.59 Å². The third kappa shape index (κ3) is 3.20. The molecule has 1 unspecified atom stereocenters. The van der Waals surface area contributed by atoms with Gasteiger partial charge in [0.05, 0.1) is 5.54 Å². The van der Waals surface area contributed by atoms with Gasteiger partial charge in [0.15, 0.2) is 0 Å². The van der Waals surface area contributed by atoms with Gasteiger partial charge in [0.2, 0.25) is 5.91 Å². The van der Waals surface area contributed by atoms with Crippen LogP contribution in [-0.4, -0.2) is 71.6 Å². The summed E-state index contributed by atoms with van der Waals surface area (Å²) in [4.78, 5) is 26.8. The van der Waals surface area contributed by atoms with E-state index >= 15 is 0 Å². The zero-order chi connectivity index (χ0) is 13.9. The van der Waals surface area contributed by atoms with Crippen molar-refractivity contribution in [2.75, 3.05) is 33.2 Å². The summed E-state index contributed by atoms with van der Waals surface area (Å²) in [5, 5.41) is 11.9. The van der Waals surface area contributed by atoms with Crippen LogP contribution in [0.2, 0.25) is 0 Å². The van der Waals surface area contributed by atoms with Gasteiger partial charge in [-0.15, -0.1) is 0 Å². The molecular weight excluding hydrogens is 234 g/mol. The lowest BCUT2D eigenvalue weighted by Gasteiger charge is -2.39. The topological polar surface area (TPSA) is 72.9 Å². The van der Waals surface area contributed by atoms with Crippen molar-refractivity contribution < 1.29 is 14.7 Å². The maximum absolute atomic E-state index is 12.2. The molecule has 0 spiro atoms. The maximum atomic E-state index is 12.2. The largest absolute Gasteiger partial charge is 0.480 e. The van der Waals surface area contributed by atoms with Crippen LogP contribution in [0.3, 0.4) is 0 Å². The van der Waals surface area contributed by atoms with Crippen molar-refractivity contribution in [1.82, 2.24) is 15.1 Å². The van der Waals surface area contributed by atoms with E-state index in [1.807, 2.05) is 18.7 Å². The molecule has 1 aliphatic rings. The van der Waals surface area contributed by atoms with Crippen LogP contribution in [0, 0.1) is 0 Å². The predicted octanol–water partition coefficient (Wildman–Crippen LogP) is -0.398. The molecule has 1 saturated heterocycles. The Balaban J connectivity index is 2.54. The van der Waals surface area contributed by atoms with Crippen LogP contribution < -0.4 is 5.32 Å². The third-order valence-corrected chi connectivity index (χ3v) is 3.67. The molecule has 0 bridgehead atoms. The van der Waals surface area contributed by atoms with Crippen molar-refractivity contribution in [3.8, 4) is 0 Å². The lowest BCUT2D eigenvalue weighted by atomic mass is 10.0. The Labute approximate surface area is 108 Å². The summed E-state index contributed by atoms with van der Waals surface area (Å²) in [5.74, 6) is -0.752. The monoisotopic (exact) mass is 257 g/mol. The number of carboxylic acids is 1. The van der Waals surface area contributed by atoms with E-state index in [0.717, 1.165) is 0 Å². The Kier molecular flexibility index (Phi) is 4.70. The fourth-order valence-electron chi connectivity index (χ4n) is 1.97. The Morgan fingerprint density at radius 3 is 2.11 bits per heavy atom.